The number of aliphatic carboxylic acids is 1. The first kappa shape index (κ1) is 25.8. The van der Waals surface area contributed by atoms with Gasteiger partial charge in [-0.05, 0) is 44.1 Å². The van der Waals surface area contributed by atoms with Gasteiger partial charge in [-0.2, -0.15) is 18.3 Å². The molecule has 0 aliphatic carbocycles. The zero-order valence-corrected chi connectivity index (χ0v) is 19.2. The maximum absolute atomic E-state index is 10.6. The summed E-state index contributed by atoms with van der Waals surface area (Å²) in [4.78, 5) is 13.2. The van der Waals surface area contributed by atoms with E-state index < -0.39 is 12.1 Å². The van der Waals surface area contributed by atoms with E-state index in [-0.39, 0.29) is 6.61 Å². The first-order valence-corrected chi connectivity index (χ1v) is 11.0. The molecule has 1 fully saturated rings. The van der Waals surface area contributed by atoms with Gasteiger partial charge in [-0.1, -0.05) is 29.3 Å². The lowest BCUT2D eigenvalue weighted by Gasteiger charge is -2.22. The maximum atomic E-state index is 10.6. The van der Waals surface area contributed by atoms with Crippen LogP contribution in [0.5, 0.6) is 5.75 Å². The number of hydrogen-bond acceptors (Lipinski definition) is 5. The lowest BCUT2D eigenvalue weighted by atomic mass is 10.1. The van der Waals surface area contributed by atoms with Gasteiger partial charge in [-0.3, -0.25) is 9.67 Å². The van der Waals surface area contributed by atoms with Gasteiger partial charge < -0.3 is 15.2 Å². The number of carbonyl (C=O) groups is 1. The van der Waals surface area contributed by atoms with E-state index in [9.17, 15) is 13.2 Å². The summed E-state index contributed by atoms with van der Waals surface area (Å²) in [6, 6.07) is 7.83. The highest BCUT2D eigenvalue weighted by Crippen LogP contribution is 2.28. The summed E-state index contributed by atoms with van der Waals surface area (Å²) in [6.45, 7) is 2.36. The number of halogens is 5. The number of piperidine rings is 1. The average Bonchev–Trinajstić information content (AvgIpc) is 3.30. The number of benzene rings is 1. The third-order valence-corrected chi connectivity index (χ3v) is 5.73. The third-order valence-electron chi connectivity index (χ3n) is 5.02. The van der Waals surface area contributed by atoms with Crippen molar-refractivity contribution >= 4 is 29.2 Å². The molecule has 4 rings (SSSR count). The first-order chi connectivity index (χ1) is 16.1. The Morgan fingerprint density at radius 1 is 1.15 bits per heavy atom. The molecule has 7 nitrogen and oxygen atoms in total. The number of hydrogen-bond donors (Lipinski definition) is 2. The SMILES string of the molecule is Clc1cccc(Cl)c1COc1cncc(-c2cnn(C3CCNCC3)c2)c1.O=C(O)C(F)(F)F. The van der Waals surface area contributed by atoms with Crippen LogP contribution in [0.3, 0.4) is 0 Å². The Bertz CT molecular complexity index is 1100. The summed E-state index contributed by atoms with van der Waals surface area (Å²) < 4.78 is 39.7. The minimum atomic E-state index is -5.08. The van der Waals surface area contributed by atoms with Crippen LogP contribution in [0, 0.1) is 0 Å². The van der Waals surface area contributed by atoms with Crippen LogP contribution in [0.25, 0.3) is 11.1 Å². The molecule has 12 heteroatoms. The Morgan fingerprint density at radius 3 is 2.41 bits per heavy atom. The molecule has 0 amide bonds. The van der Waals surface area contributed by atoms with Crippen molar-refractivity contribution in [3.05, 3.63) is 64.7 Å². The molecule has 34 heavy (non-hydrogen) atoms. The second-order valence-electron chi connectivity index (χ2n) is 7.39. The monoisotopic (exact) mass is 516 g/mol. The molecule has 0 spiro atoms. The smallest absolute Gasteiger partial charge is 0.487 e. The third kappa shape index (κ3) is 7.09. The molecule has 0 bridgehead atoms. The van der Waals surface area contributed by atoms with Crippen molar-refractivity contribution < 1.29 is 27.8 Å². The van der Waals surface area contributed by atoms with E-state index >= 15 is 0 Å². The van der Waals surface area contributed by atoms with Gasteiger partial charge in [-0.15, -0.1) is 0 Å². The molecule has 2 N–H and O–H groups in total. The molecule has 3 aromatic rings. The van der Waals surface area contributed by atoms with Gasteiger partial charge in [0.25, 0.3) is 0 Å². The number of nitrogens with zero attached hydrogens (tertiary/aromatic N) is 3. The van der Waals surface area contributed by atoms with E-state index in [4.69, 9.17) is 37.8 Å². The highest BCUT2D eigenvalue weighted by Gasteiger charge is 2.38. The van der Waals surface area contributed by atoms with E-state index in [1.807, 2.05) is 24.5 Å². The van der Waals surface area contributed by atoms with Crippen LogP contribution in [0.1, 0.15) is 24.4 Å². The second-order valence-corrected chi connectivity index (χ2v) is 8.21. The fraction of sp³-hybridized carbons (Fsp3) is 0.318. The van der Waals surface area contributed by atoms with Crippen molar-refractivity contribution in [2.24, 2.45) is 0 Å². The van der Waals surface area contributed by atoms with Crippen molar-refractivity contribution in [1.29, 1.82) is 0 Å². The van der Waals surface area contributed by atoms with Crippen LogP contribution in [0.15, 0.2) is 49.1 Å². The van der Waals surface area contributed by atoms with Gasteiger partial charge in [0.05, 0.1) is 18.4 Å². The summed E-state index contributed by atoms with van der Waals surface area (Å²) in [5.41, 5.74) is 2.77. The summed E-state index contributed by atoms with van der Waals surface area (Å²) in [5.74, 6) is -2.09. The number of aromatic nitrogens is 3. The zero-order chi connectivity index (χ0) is 24.7. The summed E-state index contributed by atoms with van der Waals surface area (Å²) in [5, 5.41) is 16.2. The predicted molar refractivity (Wildman–Crippen MR) is 121 cm³/mol. The van der Waals surface area contributed by atoms with Crippen LogP contribution in [-0.4, -0.2) is 45.1 Å². The maximum Gasteiger partial charge on any atom is 0.490 e. The van der Waals surface area contributed by atoms with E-state index in [0.29, 0.717) is 21.8 Å². The van der Waals surface area contributed by atoms with Crippen molar-refractivity contribution in [2.75, 3.05) is 13.1 Å². The molecule has 0 unspecified atom stereocenters. The topological polar surface area (TPSA) is 89.3 Å². The van der Waals surface area contributed by atoms with Gasteiger partial charge >= 0.3 is 12.1 Å². The van der Waals surface area contributed by atoms with Crippen molar-refractivity contribution in [2.45, 2.75) is 31.7 Å². The highest BCUT2D eigenvalue weighted by atomic mass is 35.5. The van der Waals surface area contributed by atoms with Gasteiger partial charge in [0.1, 0.15) is 12.4 Å². The highest BCUT2D eigenvalue weighted by molar-refractivity contribution is 6.35. The van der Waals surface area contributed by atoms with Gasteiger partial charge in [0.2, 0.25) is 0 Å². The van der Waals surface area contributed by atoms with E-state index in [2.05, 4.69) is 26.3 Å². The number of pyridine rings is 1. The molecule has 1 aliphatic heterocycles. The summed E-state index contributed by atoms with van der Waals surface area (Å²) >= 11 is 12.4. The molecule has 1 aromatic carbocycles. The lowest BCUT2D eigenvalue weighted by molar-refractivity contribution is -0.192. The van der Waals surface area contributed by atoms with Crippen LogP contribution in [-0.2, 0) is 11.4 Å². The Morgan fingerprint density at radius 2 is 1.79 bits per heavy atom. The predicted octanol–water partition coefficient (Wildman–Crippen LogP) is 5.39. The van der Waals surface area contributed by atoms with Crippen LogP contribution < -0.4 is 10.1 Å². The molecule has 0 atom stereocenters. The molecule has 0 saturated carbocycles. The molecule has 2 aromatic heterocycles. The number of rotatable bonds is 5. The Kier molecular flexibility index (Phi) is 8.76. The number of carboxylic acid groups (broad SMARTS) is 1. The largest absolute Gasteiger partial charge is 0.490 e. The van der Waals surface area contributed by atoms with E-state index in [1.54, 1.807) is 18.3 Å². The van der Waals surface area contributed by atoms with Crippen molar-refractivity contribution in [3.63, 3.8) is 0 Å². The number of nitrogens with one attached hydrogen (secondary N) is 1. The molecule has 182 valence electrons. The average molecular weight is 517 g/mol. The van der Waals surface area contributed by atoms with E-state index in [0.717, 1.165) is 42.6 Å². The molecular formula is C22H21Cl2F3N4O3. The zero-order valence-electron chi connectivity index (χ0n) is 17.7. The Balaban J connectivity index is 0.000000406. The van der Waals surface area contributed by atoms with Gasteiger partial charge in [-0.25, -0.2) is 4.79 Å². The van der Waals surface area contributed by atoms with Crippen molar-refractivity contribution in [1.82, 2.24) is 20.1 Å². The van der Waals surface area contributed by atoms with Crippen molar-refractivity contribution in [3.8, 4) is 16.9 Å². The lowest BCUT2D eigenvalue weighted by Crippen LogP contribution is -2.29. The van der Waals surface area contributed by atoms with Crippen LogP contribution >= 0.6 is 23.2 Å². The minimum absolute atomic E-state index is 0.290. The number of alkyl halides is 3. The van der Waals surface area contributed by atoms with Crippen LogP contribution in [0.2, 0.25) is 10.0 Å². The first-order valence-electron chi connectivity index (χ1n) is 10.2. The molecule has 1 saturated heterocycles. The molecular weight excluding hydrogens is 496 g/mol. The number of carboxylic acids is 1. The fourth-order valence-electron chi connectivity index (χ4n) is 3.24. The second kappa shape index (κ2) is 11.5. The Labute approximate surface area is 203 Å². The van der Waals surface area contributed by atoms with E-state index in [1.165, 1.54) is 0 Å². The molecule has 1 aliphatic rings. The standard InChI is InChI=1S/C20H20Cl2N4O.C2HF3O2/c21-19-2-1-3-20(22)18(19)13-27-17-8-14(9-24-11-17)15-10-25-26(12-15)16-4-6-23-7-5-16;3-2(4,5)1(6)7/h1-3,8-12,16,23H,4-7,13H2;(H,6,7). The number of ether oxygens (including phenoxy) is 1. The Hall–Kier alpha value is -2.82. The van der Waals surface area contributed by atoms with Gasteiger partial charge in [0, 0.05) is 39.1 Å². The summed E-state index contributed by atoms with van der Waals surface area (Å²) in [6.07, 6.45) is 4.59. The molecule has 0 radical (unpaired) electrons. The minimum Gasteiger partial charge on any atom is -0.487 e. The summed E-state index contributed by atoms with van der Waals surface area (Å²) in [7, 11) is 0. The molecule has 3 heterocycles. The van der Waals surface area contributed by atoms with Crippen LogP contribution in [0.4, 0.5) is 13.2 Å². The normalized spacial score (nSPS) is 14.3. The quantitative estimate of drug-likeness (QED) is 0.472. The fourth-order valence-corrected chi connectivity index (χ4v) is 3.75. The van der Waals surface area contributed by atoms with Gasteiger partial charge in [0.15, 0.2) is 0 Å².